The Bertz CT molecular complexity index is 404. The number of hydrogen-bond donors (Lipinski definition) is 0. The van der Waals surface area contributed by atoms with Crippen molar-refractivity contribution in [2.75, 3.05) is 0 Å². The van der Waals surface area contributed by atoms with Crippen LogP contribution in [0.2, 0.25) is 0 Å². The first kappa shape index (κ1) is 11.6. The minimum Gasteiger partial charge on any atom is -0.323 e. The number of carbonyl (C=O) groups excluding carboxylic acids is 1. The Balaban J connectivity index is 3.38. The summed E-state index contributed by atoms with van der Waals surface area (Å²) in [7, 11) is 0. The number of hydrogen-bond acceptors (Lipinski definition) is 6. The first-order valence-corrected chi connectivity index (χ1v) is 3.95. The van der Waals surface area contributed by atoms with E-state index in [4.69, 9.17) is 0 Å². The van der Waals surface area contributed by atoms with Crippen LogP contribution in [0.25, 0.3) is 0 Å². The van der Waals surface area contributed by atoms with Crippen LogP contribution in [-0.4, -0.2) is 16.3 Å². The molecule has 1 rings (SSSR count). The zero-order valence-corrected chi connectivity index (χ0v) is 7.73. The van der Waals surface area contributed by atoms with E-state index in [1.54, 1.807) is 0 Å². The fraction of sp³-hybridized carbons (Fsp3) is 0.125. The second-order valence-corrected chi connectivity index (χ2v) is 2.67. The Labute approximate surface area is 88.7 Å². The monoisotopic (exact) mass is 225 g/mol. The van der Waals surface area contributed by atoms with Gasteiger partial charge in [-0.05, 0) is 12.1 Å². The van der Waals surface area contributed by atoms with Gasteiger partial charge in [0.05, 0.1) is 0 Å². The molecule has 0 fully saturated rings. The summed E-state index contributed by atoms with van der Waals surface area (Å²) < 4.78 is 3.93. The topological polar surface area (TPSA) is 113 Å². The summed E-state index contributed by atoms with van der Waals surface area (Å²) in [5.74, 6) is -3.14. The van der Waals surface area contributed by atoms with Gasteiger partial charge in [-0.15, -0.1) is 0 Å². The molecule has 0 saturated heterocycles. The first-order chi connectivity index (χ1) is 7.55. The number of nitrogens with zero attached hydrogens (tertiary/aromatic N) is 2. The normalized spacial score (nSPS) is 10.5. The van der Waals surface area contributed by atoms with Crippen LogP contribution in [0.4, 0.5) is 0 Å². The van der Waals surface area contributed by atoms with E-state index in [9.17, 15) is 25.0 Å². The third kappa shape index (κ3) is 1.67. The molecule has 0 atom stereocenters. The quantitative estimate of drug-likeness (QED) is 0.408. The van der Waals surface area contributed by atoms with E-state index >= 15 is 0 Å². The van der Waals surface area contributed by atoms with E-state index in [1.165, 1.54) is 18.2 Å². The largest absolute Gasteiger partial charge is 0.651 e. The highest BCUT2D eigenvalue weighted by Gasteiger charge is 2.62. The zero-order chi connectivity index (χ0) is 12.2. The molecule has 0 spiro atoms. The fourth-order valence-corrected chi connectivity index (χ4v) is 1.12. The van der Waals surface area contributed by atoms with Crippen molar-refractivity contribution in [3.63, 3.8) is 0 Å². The van der Waals surface area contributed by atoms with E-state index < -0.39 is 15.7 Å². The molecule has 0 aliphatic heterocycles. The minimum atomic E-state index is -3.14. The lowest BCUT2D eigenvalue weighted by Crippen LogP contribution is -2.45. The Morgan fingerprint density at radius 1 is 1.12 bits per heavy atom. The molecule has 16 heavy (non-hydrogen) atoms. The maximum Gasteiger partial charge on any atom is 0.651 e. The average molecular weight is 225 g/mol. The van der Waals surface area contributed by atoms with E-state index in [2.05, 4.69) is 4.74 Å². The van der Waals surface area contributed by atoms with Gasteiger partial charge >= 0.3 is 12.3 Å². The molecule has 0 amide bonds. The molecule has 0 aliphatic carbocycles. The molecule has 0 unspecified atom stereocenters. The van der Waals surface area contributed by atoms with Crippen molar-refractivity contribution in [1.29, 1.82) is 0 Å². The summed E-state index contributed by atoms with van der Waals surface area (Å²) in [6.07, 6.45) is 0. The van der Waals surface area contributed by atoms with E-state index in [0.29, 0.717) is 0 Å². The Morgan fingerprint density at radius 2 is 1.62 bits per heavy atom. The molecule has 1 radical (unpaired) electrons. The standard InChI is InChI=1S/C8H5N2O6/c11-6-16-8(9(12)13,10(14)15)7-4-2-1-3-5-7/h1-5H. The van der Waals surface area contributed by atoms with Gasteiger partial charge in [0, 0.05) is 0 Å². The van der Waals surface area contributed by atoms with Gasteiger partial charge in [-0.2, -0.15) is 0 Å². The number of benzene rings is 1. The van der Waals surface area contributed by atoms with E-state index in [0.717, 1.165) is 18.6 Å². The van der Waals surface area contributed by atoms with Crippen LogP contribution in [0.5, 0.6) is 0 Å². The van der Waals surface area contributed by atoms with Crippen molar-refractivity contribution in [1.82, 2.24) is 0 Å². The van der Waals surface area contributed by atoms with Crippen molar-refractivity contribution in [3.05, 3.63) is 56.1 Å². The van der Waals surface area contributed by atoms with E-state index in [1.807, 2.05) is 0 Å². The highest BCUT2D eigenvalue weighted by molar-refractivity contribution is 5.39. The predicted octanol–water partition coefficient (Wildman–Crippen LogP) is 0.434. The van der Waals surface area contributed by atoms with Gasteiger partial charge < -0.3 is 4.74 Å². The van der Waals surface area contributed by atoms with Gasteiger partial charge in [0.15, 0.2) is 5.56 Å². The summed E-state index contributed by atoms with van der Waals surface area (Å²) in [5.41, 5.74) is -0.367. The van der Waals surface area contributed by atoms with Crippen molar-refractivity contribution < 1.29 is 19.4 Å². The lowest BCUT2D eigenvalue weighted by Gasteiger charge is -2.12. The smallest absolute Gasteiger partial charge is 0.323 e. The summed E-state index contributed by atoms with van der Waals surface area (Å²) >= 11 is 0. The van der Waals surface area contributed by atoms with Crippen molar-refractivity contribution in [3.8, 4) is 0 Å². The lowest BCUT2D eigenvalue weighted by molar-refractivity contribution is -0.857. The first-order valence-electron chi connectivity index (χ1n) is 3.95. The van der Waals surface area contributed by atoms with Crippen molar-refractivity contribution in [2.45, 2.75) is 5.85 Å². The summed E-state index contributed by atoms with van der Waals surface area (Å²) in [4.78, 5) is 28.9. The average Bonchev–Trinajstić information content (AvgIpc) is 2.26. The van der Waals surface area contributed by atoms with Gasteiger partial charge in [-0.25, -0.2) is 4.79 Å². The Kier molecular flexibility index (Phi) is 3.14. The summed E-state index contributed by atoms with van der Waals surface area (Å²) in [5, 5.41) is 21.4. The summed E-state index contributed by atoms with van der Waals surface area (Å²) in [6.45, 7) is 0.736. The van der Waals surface area contributed by atoms with Crippen LogP contribution >= 0.6 is 0 Å². The van der Waals surface area contributed by atoms with Crippen LogP contribution in [0.3, 0.4) is 0 Å². The second-order valence-electron chi connectivity index (χ2n) is 2.67. The molecule has 1 aromatic rings. The van der Waals surface area contributed by atoms with Crippen LogP contribution in [0, 0.1) is 20.2 Å². The van der Waals surface area contributed by atoms with Crippen LogP contribution < -0.4 is 0 Å². The van der Waals surface area contributed by atoms with Crippen molar-refractivity contribution >= 4 is 6.47 Å². The summed E-state index contributed by atoms with van der Waals surface area (Å²) in [6, 6.07) is 6.45. The molecule has 0 aromatic heterocycles. The molecule has 0 aliphatic rings. The zero-order valence-electron chi connectivity index (χ0n) is 7.73. The minimum absolute atomic E-state index is 0.367. The SMILES string of the molecule is O=[C]OC(c1ccccc1)([N+](=O)[O-])[N+](=O)[O-]. The molecule has 0 saturated carbocycles. The second kappa shape index (κ2) is 4.34. The maximum atomic E-state index is 10.7. The van der Waals surface area contributed by atoms with Gasteiger partial charge in [0.25, 0.3) is 0 Å². The highest BCUT2D eigenvalue weighted by Crippen LogP contribution is 2.26. The Hall–Kier alpha value is -2.51. The number of ether oxygens (including phenoxy) is 1. The molecule has 83 valence electrons. The molecule has 1 aromatic carbocycles. The van der Waals surface area contributed by atoms with Gasteiger partial charge in [0.1, 0.15) is 9.85 Å². The molecule has 0 heterocycles. The third-order valence-electron chi connectivity index (χ3n) is 1.83. The number of rotatable bonds is 5. The predicted molar refractivity (Wildman–Crippen MR) is 48.9 cm³/mol. The van der Waals surface area contributed by atoms with Crippen molar-refractivity contribution in [2.24, 2.45) is 0 Å². The fourth-order valence-electron chi connectivity index (χ4n) is 1.12. The van der Waals surface area contributed by atoms with Crippen LogP contribution in [0.15, 0.2) is 30.3 Å². The molecule has 8 heteroatoms. The lowest BCUT2D eigenvalue weighted by atomic mass is 10.1. The Morgan fingerprint density at radius 3 is 2.00 bits per heavy atom. The van der Waals surface area contributed by atoms with Crippen LogP contribution in [0.1, 0.15) is 5.56 Å². The molecule has 0 N–H and O–H groups in total. The van der Waals surface area contributed by atoms with Gasteiger partial charge in [0.2, 0.25) is 0 Å². The highest BCUT2D eigenvalue weighted by atomic mass is 16.8. The van der Waals surface area contributed by atoms with Crippen LogP contribution in [-0.2, 0) is 15.4 Å². The van der Waals surface area contributed by atoms with Gasteiger partial charge in [-0.1, -0.05) is 18.2 Å². The molecule has 8 nitrogen and oxygen atoms in total. The molecule has 0 bridgehead atoms. The molecular formula is C8H5N2O6. The third-order valence-corrected chi connectivity index (χ3v) is 1.83. The van der Waals surface area contributed by atoms with Gasteiger partial charge in [-0.3, -0.25) is 20.2 Å². The molecular weight excluding hydrogens is 220 g/mol. The maximum absolute atomic E-state index is 10.7. The number of nitro groups is 2. The van der Waals surface area contributed by atoms with E-state index in [-0.39, 0.29) is 5.56 Å².